The number of carbonyl (C=O) groups is 1. The normalized spacial score (nSPS) is 12.8. The number of amides is 1. The fourth-order valence-electron chi connectivity index (χ4n) is 4.28. The van der Waals surface area contributed by atoms with Crippen molar-refractivity contribution in [2.75, 3.05) is 5.32 Å². The van der Waals surface area contributed by atoms with Crippen molar-refractivity contribution in [3.63, 3.8) is 0 Å². The molecule has 0 unspecified atom stereocenters. The number of rotatable bonds is 5. The Morgan fingerprint density at radius 3 is 2.77 bits per heavy atom. The van der Waals surface area contributed by atoms with Crippen LogP contribution in [0.5, 0.6) is 0 Å². The molecule has 31 heavy (non-hydrogen) atoms. The zero-order valence-corrected chi connectivity index (χ0v) is 18.2. The lowest BCUT2D eigenvalue weighted by Gasteiger charge is -2.09. The highest BCUT2D eigenvalue weighted by Crippen LogP contribution is 2.35. The predicted molar refractivity (Wildman–Crippen MR) is 126 cm³/mol. The first-order valence-electron chi connectivity index (χ1n) is 10.6. The van der Waals surface area contributed by atoms with Crippen LogP contribution in [-0.2, 0) is 24.2 Å². The van der Waals surface area contributed by atoms with E-state index in [0.717, 1.165) is 39.4 Å². The quantitative estimate of drug-likeness (QED) is 0.488. The molecular formula is C25H23N3O2S. The largest absolute Gasteiger partial charge is 0.326 e. The molecule has 5 nitrogen and oxygen atoms in total. The van der Waals surface area contributed by atoms with Crippen molar-refractivity contribution < 1.29 is 4.79 Å². The molecule has 1 N–H and O–H groups in total. The number of benzene rings is 2. The molecule has 1 amide bonds. The maximum atomic E-state index is 13.1. The Morgan fingerprint density at radius 1 is 1.13 bits per heavy atom. The van der Waals surface area contributed by atoms with Gasteiger partial charge in [-0.3, -0.25) is 14.2 Å². The molecular weight excluding hydrogens is 406 g/mol. The zero-order valence-electron chi connectivity index (χ0n) is 17.4. The van der Waals surface area contributed by atoms with E-state index in [9.17, 15) is 9.59 Å². The van der Waals surface area contributed by atoms with Gasteiger partial charge >= 0.3 is 0 Å². The number of carbonyl (C=O) groups excluding carboxylic acids is 1. The Kier molecular flexibility index (Phi) is 5.16. The molecule has 156 valence electrons. The third kappa shape index (κ3) is 3.79. The minimum absolute atomic E-state index is 0.0914. The fraction of sp³-hybridized carbons (Fsp3) is 0.240. The van der Waals surface area contributed by atoms with Crippen molar-refractivity contribution in [3.05, 3.63) is 81.9 Å². The van der Waals surface area contributed by atoms with E-state index < -0.39 is 0 Å². The van der Waals surface area contributed by atoms with Crippen LogP contribution in [-0.4, -0.2) is 15.5 Å². The molecule has 0 atom stereocenters. The summed E-state index contributed by atoms with van der Waals surface area (Å²) in [6.07, 6.45) is 5.15. The van der Waals surface area contributed by atoms with Crippen LogP contribution in [0.3, 0.4) is 0 Å². The molecule has 4 aromatic rings. The van der Waals surface area contributed by atoms with Crippen LogP contribution in [0.1, 0.15) is 29.5 Å². The highest BCUT2D eigenvalue weighted by molar-refractivity contribution is 7.22. The number of nitrogens with one attached hydrogen (secondary N) is 1. The summed E-state index contributed by atoms with van der Waals surface area (Å²) in [5.41, 5.74) is 5.47. The average Bonchev–Trinajstić information content (AvgIpc) is 3.38. The first kappa shape index (κ1) is 19.7. The van der Waals surface area contributed by atoms with Gasteiger partial charge in [0.25, 0.3) is 5.56 Å². The number of nitrogens with zero attached hydrogens (tertiary/aromatic N) is 2. The van der Waals surface area contributed by atoms with E-state index in [4.69, 9.17) is 0 Å². The Morgan fingerprint density at radius 2 is 1.94 bits per heavy atom. The predicted octanol–water partition coefficient (Wildman–Crippen LogP) is 4.95. The highest BCUT2D eigenvalue weighted by Gasteiger charge is 2.16. The Bertz CT molecular complexity index is 1340. The second-order valence-corrected chi connectivity index (χ2v) is 8.98. The minimum atomic E-state index is -0.100. The Balaban J connectivity index is 1.33. The summed E-state index contributed by atoms with van der Waals surface area (Å²) in [7, 11) is 0. The van der Waals surface area contributed by atoms with Crippen LogP contribution in [0, 0.1) is 6.92 Å². The highest BCUT2D eigenvalue weighted by atomic mass is 32.1. The van der Waals surface area contributed by atoms with Crippen LogP contribution in [0.25, 0.3) is 20.7 Å². The number of fused-ring (bicyclic) bond motifs is 2. The van der Waals surface area contributed by atoms with E-state index in [-0.39, 0.29) is 17.9 Å². The van der Waals surface area contributed by atoms with Gasteiger partial charge in [-0.15, -0.1) is 11.3 Å². The molecule has 0 saturated carbocycles. The molecule has 0 spiro atoms. The second kappa shape index (κ2) is 8.12. The lowest BCUT2D eigenvalue weighted by molar-refractivity contribution is -0.116. The molecule has 0 aliphatic heterocycles. The van der Waals surface area contributed by atoms with E-state index in [1.165, 1.54) is 28.9 Å². The SMILES string of the molecule is Cc1c(-c2ccccc2)sc2ncn(CCC(=O)Nc3ccc4c(c3)CCC4)c(=O)c12. The standard InChI is InChI=1S/C25H23N3O2S/c1-16-22-24(31-23(16)18-6-3-2-4-7-18)26-15-28(25(22)30)13-12-21(29)27-20-11-10-17-8-5-9-19(17)14-20/h2-4,6-7,10-11,14-15H,5,8-9,12-13H2,1H3,(H,27,29). The van der Waals surface area contributed by atoms with Gasteiger partial charge in [0.2, 0.25) is 5.91 Å². The van der Waals surface area contributed by atoms with Crippen LogP contribution in [0.2, 0.25) is 0 Å². The van der Waals surface area contributed by atoms with Gasteiger partial charge < -0.3 is 5.32 Å². The van der Waals surface area contributed by atoms with Crippen molar-refractivity contribution in [1.82, 2.24) is 9.55 Å². The van der Waals surface area contributed by atoms with E-state index in [0.29, 0.717) is 11.9 Å². The first-order chi connectivity index (χ1) is 15.1. The molecule has 2 aromatic heterocycles. The van der Waals surface area contributed by atoms with Gasteiger partial charge in [0.05, 0.1) is 11.7 Å². The smallest absolute Gasteiger partial charge is 0.262 e. The Labute approximate surface area is 184 Å². The van der Waals surface area contributed by atoms with Crippen molar-refractivity contribution >= 4 is 33.1 Å². The topological polar surface area (TPSA) is 64.0 Å². The summed E-state index contributed by atoms with van der Waals surface area (Å²) in [6.45, 7) is 2.27. The van der Waals surface area contributed by atoms with Crippen molar-refractivity contribution in [2.45, 2.75) is 39.2 Å². The van der Waals surface area contributed by atoms with E-state index in [2.05, 4.69) is 22.4 Å². The summed E-state index contributed by atoms with van der Waals surface area (Å²) in [5.74, 6) is -0.100. The van der Waals surface area contributed by atoms with Gasteiger partial charge in [0.1, 0.15) is 4.83 Å². The minimum Gasteiger partial charge on any atom is -0.326 e. The number of thiophene rings is 1. The molecule has 0 fully saturated rings. The second-order valence-electron chi connectivity index (χ2n) is 7.98. The molecule has 1 aliphatic rings. The number of anilines is 1. The van der Waals surface area contributed by atoms with Crippen LogP contribution >= 0.6 is 11.3 Å². The van der Waals surface area contributed by atoms with E-state index >= 15 is 0 Å². The molecule has 6 heteroatoms. The van der Waals surface area contributed by atoms with Gasteiger partial charge in [-0.1, -0.05) is 36.4 Å². The number of aryl methyl sites for hydroxylation is 4. The number of aromatic nitrogens is 2. The summed E-state index contributed by atoms with van der Waals surface area (Å²) < 4.78 is 1.54. The van der Waals surface area contributed by atoms with Crippen molar-refractivity contribution in [3.8, 4) is 10.4 Å². The van der Waals surface area contributed by atoms with Gasteiger partial charge in [0.15, 0.2) is 0 Å². The molecule has 2 heterocycles. The number of hydrogen-bond donors (Lipinski definition) is 1. The van der Waals surface area contributed by atoms with Gasteiger partial charge in [0, 0.05) is 23.5 Å². The van der Waals surface area contributed by atoms with Crippen LogP contribution in [0.15, 0.2) is 59.7 Å². The first-order valence-corrected chi connectivity index (χ1v) is 11.4. The third-order valence-electron chi connectivity index (χ3n) is 5.92. The monoisotopic (exact) mass is 429 g/mol. The number of hydrogen-bond acceptors (Lipinski definition) is 4. The summed E-state index contributed by atoms with van der Waals surface area (Å²) in [6, 6.07) is 16.2. The van der Waals surface area contributed by atoms with Crippen molar-refractivity contribution in [2.24, 2.45) is 0 Å². The van der Waals surface area contributed by atoms with E-state index in [1.54, 1.807) is 10.9 Å². The Hall–Kier alpha value is -3.25. The molecule has 0 saturated heterocycles. The molecule has 2 aromatic carbocycles. The lowest BCUT2D eigenvalue weighted by Crippen LogP contribution is -2.23. The lowest BCUT2D eigenvalue weighted by atomic mass is 10.1. The third-order valence-corrected chi connectivity index (χ3v) is 7.16. The molecule has 0 radical (unpaired) electrons. The summed E-state index contributed by atoms with van der Waals surface area (Å²) in [5, 5.41) is 3.61. The maximum absolute atomic E-state index is 13.1. The molecule has 5 rings (SSSR count). The van der Waals surface area contributed by atoms with E-state index in [1.807, 2.05) is 43.3 Å². The van der Waals surface area contributed by atoms with Crippen molar-refractivity contribution in [1.29, 1.82) is 0 Å². The van der Waals surface area contributed by atoms with Gasteiger partial charge in [-0.25, -0.2) is 4.98 Å². The van der Waals surface area contributed by atoms with Crippen LogP contribution < -0.4 is 10.9 Å². The summed E-state index contributed by atoms with van der Waals surface area (Å²) >= 11 is 1.53. The maximum Gasteiger partial charge on any atom is 0.262 e. The zero-order chi connectivity index (χ0) is 21.4. The summed E-state index contributed by atoms with van der Waals surface area (Å²) in [4.78, 5) is 31.9. The fourth-order valence-corrected chi connectivity index (χ4v) is 5.42. The van der Waals surface area contributed by atoms with Gasteiger partial charge in [-0.2, -0.15) is 0 Å². The van der Waals surface area contributed by atoms with Crippen LogP contribution in [0.4, 0.5) is 5.69 Å². The average molecular weight is 430 g/mol. The van der Waals surface area contributed by atoms with Gasteiger partial charge in [-0.05, 0) is 60.6 Å². The molecule has 1 aliphatic carbocycles. The molecule has 0 bridgehead atoms.